The summed E-state index contributed by atoms with van der Waals surface area (Å²) in [5.41, 5.74) is -0.214. The van der Waals surface area contributed by atoms with Gasteiger partial charge in [-0.25, -0.2) is 4.98 Å². The molecule has 0 aromatic carbocycles. The van der Waals surface area contributed by atoms with Gasteiger partial charge in [-0.15, -0.1) is 0 Å². The second kappa shape index (κ2) is 5.23. The Hall–Kier alpha value is -0.910. The minimum Gasteiger partial charge on any atom is -0.381 e. The first-order valence-electron chi connectivity index (χ1n) is 6.64. The zero-order valence-electron chi connectivity index (χ0n) is 10.7. The van der Waals surface area contributed by atoms with Crippen LogP contribution in [0.5, 0.6) is 0 Å². The minimum atomic E-state index is -0.125. The molecule has 104 valence electrons. The van der Waals surface area contributed by atoms with Crippen LogP contribution in [0.4, 0.5) is 0 Å². The minimum absolute atomic E-state index is 0.0888. The van der Waals surface area contributed by atoms with E-state index in [0.29, 0.717) is 6.61 Å². The van der Waals surface area contributed by atoms with Crippen LogP contribution in [0.2, 0.25) is 5.15 Å². The van der Waals surface area contributed by atoms with E-state index in [2.05, 4.69) is 4.98 Å². The van der Waals surface area contributed by atoms with Gasteiger partial charge < -0.3 is 9.47 Å². The summed E-state index contributed by atoms with van der Waals surface area (Å²) in [6, 6.07) is 1.51. The van der Waals surface area contributed by atoms with E-state index in [-0.39, 0.29) is 22.4 Å². The average molecular weight is 285 g/mol. The fourth-order valence-corrected chi connectivity index (χ4v) is 3.13. The van der Waals surface area contributed by atoms with Crippen molar-refractivity contribution in [2.24, 2.45) is 0 Å². The summed E-state index contributed by atoms with van der Waals surface area (Å²) in [6.07, 6.45) is 5.04. The van der Waals surface area contributed by atoms with Crippen molar-refractivity contribution in [3.05, 3.63) is 27.9 Å². The first kappa shape index (κ1) is 13.1. The summed E-state index contributed by atoms with van der Waals surface area (Å²) >= 11 is 5.73. The van der Waals surface area contributed by atoms with E-state index >= 15 is 0 Å². The molecule has 1 spiro atoms. The lowest BCUT2D eigenvalue weighted by Crippen LogP contribution is -2.46. The summed E-state index contributed by atoms with van der Waals surface area (Å²) in [5.74, 6) is 0. The Morgan fingerprint density at radius 2 is 2.16 bits per heavy atom. The van der Waals surface area contributed by atoms with Gasteiger partial charge in [0.1, 0.15) is 5.15 Å². The van der Waals surface area contributed by atoms with Crippen molar-refractivity contribution < 1.29 is 9.47 Å². The van der Waals surface area contributed by atoms with Crippen molar-refractivity contribution in [3.8, 4) is 0 Å². The van der Waals surface area contributed by atoms with E-state index in [4.69, 9.17) is 21.1 Å². The molecule has 2 aliphatic rings. The number of hydrogen-bond donors (Lipinski definition) is 0. The molecule has 5 nitrogen and oxygen atoms in total. The lowest BCUT2D eigenvalue weighted by Gasteiger charge is -2.43. The van der Waals surface area contributed by atoms with Gasteiger partial charge >= 0.3 is 0 Å². The molecular weight excluding hydrogens is 268 g/mol. The summed E-state index contributed by atoms with van der Waals surface area (Å²) in [6.45, 7) is 2.15. The molecule has 0 saturated carbocycles. The maximum absolute atomic E-state index is 12.0. The number of ether oxygens (including phenoxy) is 2. The lowest BCUT2D eigenvalue weighted by molar-refractivity contribution is -0.144. The SMILES string of the molecule is O=c1cc(Cl)ncn1C1CCOC2(CCOCC2)C1. The number of halogens is 1. The molecule has 19 heavy (non-hydrogen) atoms. The number of nitrogens with zero attached hydrogens (tertiary/aromatic N) is 2. The van der Waals surface area contributed by atoms with Gasteiger partial charge in [0.2, 0.25) is 0 Å². The summed E-state index contributed by atoms with van der Waals surface area (Å²) in [7, 11) is 0. The number of aromatic nitrogens is 2. The van der Waals surface area contributed by atoms with Gasteiger partial charge in [0.05, 0.1) is 11.9 Å². The third-order valence-electron chi connectivity index (χ3n) is 4.07. The Balaban J connectivity index is 1.83. The van der Waals surface area contributed by atoms with Crippen LogP contribution >= 0.6 is 11.6 Å². The molecule has 2 saturated heterocycles. The Kier molecular flexibility index (Phi) is 3.60. The third-order valence-corrected chi connectivity index (χ3v) is 4.27. The standard InChI is InChI=1S/C13H17ClN2O3/c14-11-7-12(17)16(9-15-11)10-1-4-19-13(8-10)2-5-18-6-3-13/h7,9-10H,1-6,8H2. The maximum atomic E-state index is 12.0. The molecular formula is C13H17ClN2O3. The monoisotopic (exact) mass is 284 g/mol. The molecule has 0 aliphatic carbocycles. The van der Waals surface area contributed by atoms with Crippen LogP contribution in [-0.2, 0) is 9.47 Å². The highest BCUT2D eigenvalue weighted by Crippen LogP contribution is 2.38. The van der Waals surface area contributed by atoms with E-state index in [1.165, 1.54) is 6.07 Å². The largest absolute Gasteiger partial charge is 0.381 e. The second-order valence-electron chi connectivity index (χ2n) is 5.25. The molecule has 0 radical (unpaired) electrons. The van der Waals surface area contributed by atoms with E-state index in [0.717, 1.165) is 38.9 Å². The highest BCUT2D eigenvalue weighted by molar-refractivity contribution is 6.29. The number of rotatable bonds is 1. The molecule has 1 aromatic rings. The van der Waals surface area contributed by atoms with Crippen LogP contribution in [-0.4, -0.2) is 35.0 Å². The predicted molar refractivity (Wildman–Crippen MR) is 70.5 cm³/mol. The normalized spacial score (nSPS) is 26.5. The zero-order chi connectivity index (χ0) is 13.3. The fourth-order valence-electron chi connectivity index (χ4n) is 2.99. The van der Waals surface area contributed by atoms with Crippen molar-refractivity contribution in [3.63, 3.8) is 0 Å². The summed E-state index contributed by atoms with van der Waals surface area (Å²) in [4.78, 5) is 16.0. The van der Waals surface area contributed by atoms with E-state index in [1.54, 1.807) is 10.9 Å². The third kappa shape index (κ3) is 2.68. The molecule has 0 N–H and O–H groups in total. The Morgan fingerprint density at radius 1 is 1.37 bits per heavy atom. The molecule has 2 aliphatic heterocycles. The highest BCUT2D eigenvalue weighted by Gasteiger charge is 2.39. The number of hydrogen-bond acceptors (Lipinski definition) is 4. The molecule has 1 aromatic heterocycles. The smallest absolute Gasteiger partial charge is 0.255 e. The fraction of sp³-hybridized carbons (Fsp3) is 0.692. The molecule has 1 unspecified atom stereocenters. The molecule has 2 fully saturated rings. The topological polar surface area (TPSA) is 53.4 Å². The quantitative estimate of drug-likeness (QED) is 0.738. The Morgan fingerprint density at radius 3 is 2.89 bits per heavy atom. The predicted octanol–water partition coefficient (Wildman–Crippen LogP) is 1.80. The summed E-state index contributed by atoms with van der Waals surface area (Å²) in [5, 5.41) is 0.245. The van der Waals surface area contributed by atoms with Crippen LogP contribution in [0.1, 0.15) is 31.7 Å². The van der Waals surface area contributed by atoms with Crippen LogP contribution in [0.3, 0.4) is 0 Å². The molecule has 1 atom stereocenters. The Labute approximate surface area is 116 Å². The molecule has 3 heterocycles. The molecule has 0 bridgehead atoms. The van der Waals surface area contributed by atoms with E-state index in [1.807, 2.05) is 0 Å². The van der Waals surface area contributed by atoms with Gasteiger partial charge in [-0.1, -0.05) is 11.6 Å². The first-order valence-corrected chi connectivity index (χ1v) is 7.02. The lowest BCUT2D eigenvalue weighted by atomic mass is 9.84. The van der Waals surface area contributed by atoms with Gasteiger partial charge in [-0.2, -0.15) is 0 Å². The molecule has 6 heteroatoms. The van der Waals surface area contributed by atoms with E-state index < -0.39 is 0 Å². The van der Waals surface area contributed by atoms with Crippen molar-refractivity contribution in [1.29, 1.82) is 0 Å². The Bertz CT molecular complexity index is 505. The molecule has 0 amide bonds. The van der Waals surface area contributed by atoms with Crippen molar-refractivity contribution in [2.75, 3.05) is 19.8 Å². The van der Waals surface area contributed by atoms with Crippen molar-refractivity contribution in [1.82, 2.24) is 9.55 Å². The highest BCUT2D eigenvalue weighted by atomic mass is 35.5. The first-order chi connectivity index (χ1) is 9.19. The zero-order valence-corrected chi connectivity index (χ0v) is 11.4. The van der Waals surface area contributed by atoms with Crippen LogP contribution in [0, 0.1) is 0 Å². The van der Waals surface area contributed by atoms with Gasteiger partial charge in [-0.05, 0) is 25.7 Å². The summed E-state index contributed by atoms with van der Waals surface area (Å²) < 4.78 is 13.1. The van der Waals surface area contributed by atoms with Crippen LogP contribution in [0.15, 0.2) is 17.2 Å². The van der Waals surface area contributed by atoms with Gasteiger partial charge in [0, 0.05) is 31.9 Å². The maximum Gasteiger partial charge on any atom is 0.255 e. The van der Waals surface area contributed by atoms with Gasteiger partial charge in [0.25, 0.3) is 5.56 Å². The van der Waals surface area contributed by atoms with Crippen LogP contribution < -0.4 is 5.56 Å². The molecule has 3 rings (SSSR count). The van der Waals surface area contributed by atoms with Gasteiger partial charge in [-0.3, -0.25) is 9.36 Å². The van der Waals surface area contributed by atoms with Gasteiger partial charge in [0.15, 0.2) is 0 Å². The second-order valence-corrected chi connectivity index (χ2v) is 5.63. The van der Waals surface area contributed by atoms with E-state index in [9.17, 15) is 4.79 Å². The van der Waals surface area contributed by atoms with Crippen molar-refractivity contribution >= 4 is 11.6 Å². The van der Waals surface area contributed by atoms with Crippen molar-refractivity contribution in [2.45, 2.75) is 37.3 Å². The van der Waals surface area contributed by atoms with Crippen LogP contribution in [0.25, 0.3) is 0 Å². The average Bonchev–Trinajstić information content (AvgIpc) is 2.39.